The number of benzene rings is 10. The summed E-state index contributed by atoms with van der Waals surface area (Å²) >= 11 is 0. The Morgan fingerprint density at radius 3 is 1.18 bits per heavy atom. The van der Waals surface area contributed by atoms with Gasteiger partial charge < -0.3 is 29.1 Å². The fraction of sp³-hybridized carbons (Fsp3) is 0. The number of rotatable bonds is 4. The molecule has 0 spiro atoms. The molecule has 0 bridgehead atoms. The van der Waals surface area contributed by atoms with Crippen LogP contribution in [0.1, 0.15) is 0 Å². The average Bonchev–Trinajstić information content (AvgIpc) is 3.37. The van der Waals surface area contributed by atoms with E-state index in [-0.39, 0.29) is 0 Å². The molecule has 6 aliphatic heterocycles. The monoisotopic (exact) mass is 876 g/mol. The molecule has 2 atom stereocenters. The normalized spacial score (nSPS) is 16.6. The zero-order valence-corrected chi connectivity index (χ0v) is 37.7. The molecule has 10 aromatic carbocycles. The molecule has 0 aliphatic carbocycles. The van der Waals surface area contributed by atoms with Crippen LogP contribution in [-0.2, 0) is 0 Å². The SMILES string of the molecule is c1ccc(N2c3cccc4c3[SiH]3c5c2cccc5N(c2ccccc2)c2cc5cc6c7c(c5c(c23)O4)N(c2ccccc2)c2cccc3c2[SiH]7c2c(cccc2N3c2ccccc2)O6)cc1. The summed E-state index contributed by atoms with van der Waals surface area (Å²) in [7, 11) is -4.43. The fourth-order valence-corrected chi connectivity index (χ4v) is 20.0. The van der Waals surface area contributed by atoms with Crippen molar-refractivity contribution in [1.29, 1.82) is 0 Å². The molecule has 6 nitrogen and oxygen atoms in total. The van der Waals surface area contributed by atoms with Crippen LogP contribution in [0, 0.1) is 0 Å². The van der Waals surface area contributed by atoms with Crippen LogP contribution in [0.25, 0.3) is 10.8 Å². The number of fused-ring (bicyclic) bond motifs is 3. The lowest BCUT2D eigenvalue weighted by Crippen LogP contribution is -2.64. The van der Waals surface area contributed by atoms with Gasteiger partial charge in [-0.05, 0) is 125 Å². The van der Waals surface area contributed by atoms with E-state index < -0.39 is 17.6 Å². The van der Waals surface area contributed by atoms with Crippen molar-refractivity contribution in [3.63, 3.8) is 0 Å². The molecule has 308 valence electrons. The summed E-state index contributed by atoms with van der Waals surface area (Å²) in [5, 5.41) is 10.4. The Labute approximate surface area is 384 Å². The van der Waals surface area contributed by atoms with Gasteiger partial charge >= 0.3 is 0 Å². The van der Waals surface area contributed by atoms with Gasteiger partial charge in [-0.3, -0.25) is 0 Å². The van der Waals surface area contributed by atoms with Gasteiger partial charge in [0.05, 0.1) is 11.4 Å². The molecule has 6 heterocycles. The first-order chi connectivity index (χ1) is 32.8. The van der Waals surface area contributed by atoms with E-state index in [0.717, 1.165) is 56.5 Å². The molecule has 2 unspecified atom stereocenters. The number of nitrogens with zero attached hydrogens (tertiary/aromatic N) is 4. The average molecular weight is 877 g/mol. The highest BCUT2D eigenvalue weighted by molar-refractivity contribution is 7.03. The van der Waals surface area contributed by atoms with Gasteiger partial charge in [0.2, 0.25) is 0 Å². The Hall–Kier alpha value is -8.31. The molecule has 8 heteroatoms. The van der Waals surface area contributed by atoms with E-state index in [1.165, 1.54) is 76.6 Å². The Morgan fingerprint density at radius 1 is 0.288 bits per heavy atom. The molecule has 0 radical (unpaired) electrons. The van der Waals surface area contributed by atoms with Crippen molar-refractivity contribution in [2.75, 3.05) is 19.6 Å². The molecule has 10 aromatic rings. The lowest BCUT2D eigenvalue weighted by molar-refractivity contribution is 0.487. The standard InChI is InChI=1S/C58H36N4O2Si2/c1-5-17-36(18-6-1)59-40-25-13-27-42-53(40)65-56-45(59)30-16-32-48(56)64-52-50-35(33-46(57(52)65)61(42)38-21-9-3-10-22-38)34-49-58-51(50)62(39-23-11-4-12-24-39)43-28-14-26-41-54(43)66(58)55-44(29-15-31-47(55)63-49)60(41)37-19-7-2-8-20-37/h1-34,65-66H. The van der Waals surface area contributed by atoms with Crippen LogP contribution in [0.5, 0.6) is 23.0 Å². The minimum absolute atomic E-state index is 0.942. The zero-order chi connectivity index (χ0) is 42.8. The molecule has 6 aliphatic rings. The Kier molecular flexibility index (Phi) is 6.75. The van der Waals surface area contributed by atoms with Crippen LogP contribution in [0.2, 0.25) is 0 Å². The van der Waals surface area contributed by atoms with Gasteiger partial charge in [-0.1, -0.05) is 97.1 Å². The van der Waals surface area contributed by atoms with Gasteiger partial charge in [-0.25, -0.2) is 0 Å². The van der Waals surface area contributed by atoms with Gasteiger partial charge in [0, 0.05) is 83.0 Å². The number of anilines is 12. The summed E-state index contributed by atoms with van der Waals surface area (Å²) in [4.78, 5) is 9.98. The summed E-state index contributed by atoms with van der Waals surface area (Å²) in [5.74, 6) is 3.83. The number of hydrogen-bond donors (Lipinski definition) is 0. The molecular weight excluding hydrogens is 841 g/mol. The molecule has 0 saturated heterocycles. The zero-order valence-electron chi connectivity index (χ0n) is 35.4. The quantitative estimate of drug-likeness (QED) is 0.164. The highest BCUT2D eigenvalue weighted by Gasteiger charge is 2.51. The summed E-state index contributed by atoms with van der Waals surface area (Å²) < 4.78 is 15.0. The first-order valence-corrected chi connectivity index (χ1v) is 26.2. The first-order valence-electron chi connectivity index (χ1n) is 22.8. The summed E-state index contributed by atoms with van der Waals surface area (Å²) in [6.45, 7) is 0. The van der Waals surface area contributed by atoms with E-state index in [4.69, 9.17) is 9.47 Å². The van der Waals surface area contributed by atoms with Crippen LogP contribution in [0.3, 0.4) is 0 Å². The summed E-state index contributed by atoms with van der Waals surface area (Å²) in [6, 6.07) is 75.5. The van der Waals surface area contributed by atoms with Crippen molar-refractivity contribution in [1.82, 2.24) is 0 Å². The van der Waals surface area contributed by atoms with Crippen molar-refractivity contribution in [3.8, 4) is 23.0 Å². The molecule has 0 fully saturated rings. The second kappa shape index (κ2) is 12.7. The van der Waals surface area contributed by atoms with E-state index in [0.29, 0.717) is 0 Å². The Morgan fingerprint density at radius 2 is 0.682 bits per heavy atom. The smallest absolute Gasteiger partial charge is 0.153 e. The van der Waals surface area contributed by atoms with E-state index >= 15 is 0 Å². The number of para-hydroxylation sites is 4. The van der Waals surface area contributed by atoms with E-state index in [2.05, 4.69) is 226 Å². The van der Waals surface area contributed by atoms with Gasteiger partial charge in [0.25, 0.3) is 0 Å². The second-order valence-corrected chi connectivity index (χ2v) is 23.1. The Balaban J connectivity index is 1.05. The fourth-order valence-electron chi connectivity index (χ4n) is 12.4. The van der Waals surface area contributed by atoms with Crippen LogP contribution < -0.4 is 60.2 Å². The predicted octanol–water partition coefficient (Wildman–Crippen LogP) is 10.7. The second-order valence-electron chi connectivity index (χ2n) is 17.9. The third-order valence-corrected chi connectivity index (χ3v) is 21.6. The molecule has 66 heavy (non-hydrogen) atoms. The van der Waals surface area contributed by atoms with E-state index in [1.54, 1.807) is 0 Å². The molecular formula is C58H36N4O2Si2. The van der Waals surface area contributed by atoms with Crippen LogP contribution >= 0.6 is 0 Å². The third kappa shape index (κ3) is 4.35. The highest BCUT2D eigenvalue weighted by atomic mass is 28.3. The molecule has 0 N–H and O–H groups in total. The predicted molar refractivity (Wildman–Crippen MR) is 275 cm³/mol. The third-order valence-electron chi connectivity index (χ3n) is 14.7. The van der Waals surface area contributed by atoms with E-state index in [1.807, 2.05) is 0 Å². The van der Waals surface area contributed by atoms with E-state index in [9.17, 15) is 0 Å². The number of hydrogen-bond acceptors (Lipinski definition) is 6. The largest absolute Gasteiger partial charge is 0.457 e. The number of ether oxygens (including phenoxy) is 2. The molecule has 0 saturated carbocycles. The minimum Gasteiger partial charge on any atom is -0.457 e. The van der Waals surface area contributed by atoms with Gasteiger partial charge in [-0.2, -0.15) is 0 Å². The van der Waals surface area contributed by atoms with Crippen molar-refractivity contribution in [3.05, 3.63) is 206 Å². The highest BCUT2D eigenvalue weighted by Crippen LogP contribution is 2.55. The lowest BCUT2D eigenvalue weighted by Gasteiger charge is -2.49. The van der Waals surface area contributed by atoms with Crippen molar-refractivity contribution >= 4 is 128 Å². The Bertz CT molecular complexity index is 3760. The first kappa shape index (κ1) is 35.1. The van der Waals surface area contributed by atoms with Gasteiger partial charge in [-0.15, -0.1) is 0 Å². The van der Waals surface area contributed by atoms with Crippen LogP contribution in [0.15, 0.2) is 206 Å². The van der Waals surface area contributed by atoms with Crippen molar-refractivity contribution in [2.45, 2.75) is 0 Å². The van der Waals surface area contributed by atoms with Crippen LogP contribution in [-0.4, -0.2) is 17.6 Å². The maximum absolute atomic E-state index is 7.70. The van der Waals surface area contributed by atoms with Crippen LogP contribution in [0.4, 0.5) is 68.2 Å². The van der Waals surface area contributed by atoms with Gasteiger partial charge in [0.1, 0.15) is 23.0 Å². The molecule has 16 rings (SSSR count). The summed E-state index contributed by atoms with van der Waals surface area (Å²) in [6.07, 6.45) is 0. The van der Waals surface area contributed by atoms with Crippen molar-refractivity contribution < 1.29 is 9.47 Å². The van der Waals surface area contributed by atoms with Crippen molar-refractivity contribution in [2.24, 2.45) is 0 Å². The summed E-state index contributed by atoms with van der Waals surface area (Å²) in [5.41, 5.74) is 14.2. The lowest BCUT2D eigenvalue weighted by atomic mass is 10.0. The molecule has 0 aromatic heterocycles. The minimum atomic E-state index is -2.22. The topological polar surface area (TPSA) is 31.4 Å². The maximum atomic E-state index is 7.70. The van der Waals surface area contributed by atoms with Gasteiger partial charge in [0.15, 0.2) is 17.6 Å². The maximum Gasteiger partial charge on any atom is 0.153 e. The molecule has 0 amide bonds.